The van der Waals surface area contributed by atoms with Crippen molar-refractivity contribution in [3.8, 4) is 0 Å². The van der Waals surface area contributed by atoms with Crippen molar-refractivity contribution in [2.45, 2.75) is 76.3 Å². The van der Waals surface area contributed by atoms with Crippen LogP contribution in [-0.2, 0) is 4.79 Å². The monoisotopic (exact) mass is 413 g/mol. The lowest BCUT2D eigenvalue weighted by atomic mass is 9.94. The highest BCUT2D eigenvalue weighted by molar-refractivity contribution is 8.18. The van der Waals surface area contributed by atoms with Crippen LogP contribution in [0.15, 0.2) is 34.2 Å². The van der Waals surface area contributed by atoms with E-state index in [2.05, 4.69) is 0 Å². The Morgan fingerprint density at radius 3 is 2.45 bits per heavy atom. The number of rotatable bonds is 4. The number of nitro groups is 1. The third-order valence-corrected chi connectivity index (χ3v) is 7.02. The summed E-state index contributed by atoms with van der Waals surface area (Å²) in [6.45, 7) is 0. The predicted octanol–water partition coefficient (Wildman–Crippen LogP) is 5.53. The van der Waals surface area contributed by atoms with Crippen molar-refractivity contribution < 1.29 is 9.72 Å². The van der Waals surface area contributed by atoms with Crippen molar-refractivity contribution in [1.82, 2.24) is 4.90 Å². The zero-order valence-electron chi connectivity index (χ0n) is 16.6. The SMILES string of the molecule is O=C1C(=Cc2cccc([N+](=O)[O-])c2)SC(=NC2CCCCC2)N1C1CCCCC1. The molecule has 3 fully saturated rings. The normalized spacial score (nSPS) is 24.6. The molecule has 3 aliphatic rings. The number of amides is 1. The molecule has 7 heteroatoms. The van der Waals surface area contributed by atoms with Crippen LogP contribution in [-0.4, -0.2) is 33.0 Å². The summed E-state index contributed by atoms with van der Waals surface area (Å²) in [7, 11) is 0. The van der Waals surface area contributed by atoms with E-state index in [9.17, 15) is 14.9 Å². The number of carbonyl (C=O) groups is 1. The molecule has 1 amide bonds. The summed E-state index contributed by atoms with van der Waals surface area (Å²) in [5.74, 6) is 0.00275. The lowest BCUT2D eigenvalue weighted by Crippen LogP contribution is -2.41. The molecule has 0 spiro atoms. The number of carbonyl (C=O) groups excluding carboxylic acids is 1. The van der Waals surface area contributed by atoms with E-state index in [1.807, 2.05) is 4.90 Å². The number of thioether (sulfide) groups is 1. The number of hydrogen-bond donors (Lipinski definition) is 0. The van der Waals surface area contributed by atoms with Crippen LogP contribution < -0.4 is 0 Å². The van der Waals surface area contributed by atoms with Crippen molar-refractivity contribution >= 4 is 34.6 Å². The van der Waals surface area contributed by atoms with Gasteiger partial charge in [-0.1, -0.05) is 50.7 Å². The number of amidine groups is 1. The summed E-state index contributed by atoms with van der Waals surface area (Å²) < 4.78 is 0. The molecule has 1 aromatic rings. The first-order valence-electron chi connectivity index (χ1n) is 10.7. The number of hydrogen-bond acceptors (Lipinski definition) is 5. The summed E-state index contributed by atoms with van der Waals surface area (Å²) >= 11 is 1.44. The van der Waals surface area contributed by atoms with E-state index in [-0.39, 0.29) is 17.6 Å². The highest BCUT2D eigenvalue weighted by atomic mass is 32.2. The van der Waals surface area contributed by atoms with Gasteiger partial charge >= 0.3 is 0 Å². The zero-order valence-corrected chi connectivity index (χ0v) is 17.4. The van der Waals surface area contributed by atoms with Gasteiger partial charge in [0.05, 0.1) is 15.9 Å². The first-order chi connectivity index (χ1) is 14.1. The molecule has 2 aliphatic carbocycles. The van der Waals surface area contributed by atoms with E-state index in [0.29, 0.717) is 16.5 Å². The van der Waals surface area contributed by atoms with Crippen LogP contribution in [0.25, 0.3) is 6.08 Å². The van der Waals surface area contributed by atoms with E-state index in [1.54, 1.807) is 18.2 Å². The Labute approximate surface area is 175 Å². The number of aliphatic imine (C=N–C) groups is 1. The van der Waals surface area contributed by atoms with Crippen molar-refractivity contribution in [2.24, 2.45) is 4.99 Å². The minimum absolute atomic E-state index is 0.00275. The molecule has 1 heterocycles. The van der Waals surface area contributed by atoms with E-state index in [0.717, 1.165) is 43.7 Å². The van der Waals surface area contributed by atoms with Gasteiger partial charge in [0.1, 0.15) is 0 Å². The highest BCUT2D eigenvalue weighted by Gasteiger charge is 2.39. The van der Waals surface area contributed by atoms with Crippen molar-refractivity contribution in [3.05, 3.63) is 44.8 Å². The second-order valence-corrected chi connectivity index (χ2v) is 9.14. The highest BCUT2D eigenvalue weighted by Crippen LogP contribution is 2.38. The van der Waals surface area contributed by atoms with E-state index in [4.69, 9.17) is 4.99 Å². The van der Waals surface area contributed by atoms with E-state index < -0.39 is 4.92 Å². The second kappa shape index (κ2) is 9.11. The first-order valence-corrected chi connectivity index (χ1v) is 11.5. The number of nitro benzene ring substituents is 1. The maximum Gasteiger partial charge on any atom is 0.270 e. The molecule has 1 aliphatic heterocycles. The van der Waals surface area contributed by atoms with Gasteiger partial charge in [-0.2, -0.15) is 0 Å². The molecule has 29 heavy (non-hydrogen) atoms. The van der Waals surface area contributed by atoms with Crippen molar-refractivity contribution in [2.75, 3.05) is 0 Å². The Morgan fingerprint density at radius 1 is 1.07 bits per heavy atom. The van der Waals surface area contributed by atoms with Crippen LogP contribution in [0, 0.1) is 10.1 Å². The molecule has 6 nitrogen and oxygen atoms in total. The standard InChI is InChI=1S/C22H27N3O3S/c26-21-20(15-16-8-7-13-19(14-16)25(27)28)29-22(23-17-9-3-1-4-10-17)24(21)18-11-5-2-6-12-18/h7-8,13-15,17-18H,1-6,9-12H2. The average Bonchev–Trinajstić information content (AvgIpc) is 3.04. The van der Waals surface area contributed by atoms with Crippen LogP contribution in [0.1, 0.15) is 69.8 Å². The van der Waals surface area contributed by atoms with Crippen molar-refractivity contribution in [1.29, 1.82) is 0 Å². The Balaban J connectivity index is 1.63. The first kappa shape index (κ1) is 20.1. The largest absolute Gasteiger partial charge is 0.284 e. The van der Waals surface area contributed by atoms with Crippen molar-refractivity contribution in [3.63, 3.8) is 0 Å². The Morgan fingerprint density at radius 2 is 1.76 bits per heavy atom. The summed E-state index contributed by atoms with van der Waals surface area (Å²) in [6.07, 6.45) is 13.3. The maximum atomic E-state index is 13.3. The van der Waals surface area contributed by atoms with Gasteiger partial charge < -0.3 is 0 Å². The third kappa shape index (κ3) is 4.71. The lowest BCUT2D eigenvalue weighted by molar-refractivity contribution is -0.384. The lowest BCUT2D eigenvalue weighted by Gasteiger charge is -2.31. The number of nitrogens with zero attached hydrogens (tertiary/aromatic N) is 3. The minimum atomic E-state index is -0.407. The van der Waals surface area contributed by atoms with Gasteiger partial charge in [0, 0.05) is 18.2 Å². The Kier molecular flexibility index (Phi) is 6.33. The Bertz CT molecular complexity index is 839. The van der Waals surface area contributed by atoms with Crippen LogP contribution in [0.5, 0.6) is 0 Å². The molecule has 0 radical (unpaired) electrons. The van der Waals surface area contributed by atoms with Gasteiger partial charge in [0.25, 0.3) is 11.6 Å². The van der Waals surface area contributed by atoms with Gasteiger partial charge in [-0.15, -0.1) is 0 Å². The molecule has 4 rings (SSSR count). The molecule has 0 bridgehead atoms. The maximum absolute atomic E-state index is 13.3. The number of non-ortho nitro benzene ring substituents is 1. The molecule has 0 N–H and O–H groups in total. The molecule has 0 aromatic heterocycles. The minimum Gasteiger partial charge on any atom is -0.284 e. The predicted molar refractivity (Wildman–Crippen MR) is 117 cm³/mol. The van der Waals surface area contributed by atoms with E-state index in [1.165, 1.54) is 49.6 Å². The van der Waals surface area contributed by atoms with Crippen LogP contribution in [0.4, 0.5) is 5.69 Å². The fourth-order valence-corrected chi connectivity index (χ4v) is 5.59. The summed E-state index contributed by atoms with van der Waals surface area (Å²) in [4.78, 5) is 31.5. The zero-order chi connectivity index (χ0) is 20.2. The van der Waals surface area contributed by atoms with Gasteiger partial charge in [0.15, 0.2) is 5.17 Å². The topological polar surface area (TPSA) is 75.8 Å². The average molecular weight is 414 g/mol. The molecule has 1 saturated heterocycles. The molecule has 0 atom stereocenters. The summed E-state index contributed by atoms with van der Waals surface area (Å²) in [5, 5.41) is 11.9. The van der Waals surface area contributed by atoms with Crippen LogP contribution in [0.3, 0.4) is 0 Å². The summed E-state index contributed by atoms with van der Waals surface area (Å²) in [5.41, 5.74) is 0.715. The fourth-order valence-electron chi connectivity index (χ4n) is 4.48. The fraction of sp³-hybridized carbons (Fsp3) is 0.545. The second-order valence-electron chi connectivity index (χ2n) is 8.13. The Hall–Kier alpha value is -2.15. The molecule has 154 valence electrons. The number of benzene rings is 1. The molecule has 2 saturated carbocycles. The van der Waals surface area contributed by atoms with E-state index >= 15 is 0 Å². The quantitative estimate of drug-likeness (QED) is 0.369. The van der Waals surface area contributed by atoms with Crippen LogP contribution in [0.2, 0.25) is 0 Å². The molecule has 1 aromatic carbocycles. The van der Waals surface area contributed by atoms with Crippen LogP contribution >= 0.6 is 11.8 Å². The smallest absolute Gasteiger partial charge is 0.270 e. The molecule has 0 unspecified atom stereocenters. The summed E-state index contributed by atoms with van der Waals surface area (Å²) in [6, 6.07) is 6.97. The van der Waals surface area contributed by atoms with Gasteiger partial charge in [-0.25, -0.2) is 0 Å². The van der Waals surface area contributed by atoms with Gasteiger partial charge in [0.2, 0.25) is 0 Å². The van der Waals surface area contributed by atoms with Gasteiger partial charge in [-0.3, -0.25) is 24.8 Å². The third-order valence-electron chi connectivity index (χ3n) is 6.02. The molecular weight excluding hydrogens is 386 g/mol. The molecular formula is C22H27N3O3S. The van der Waals surface area contributed by atoms with Gasteiger partial charge in [-0.05, 0) is 49.1 Å².